The van der Waals surface area contributed by atoms with Gasteiger partial charge < -0.3 is 9.73 Å². The third kappa shape index (κ3) is 1.32. The lowest BCUT2D eigenvalue weighted by Crippen LogP contribution is -2.12. The van der Waals surface area contributed by atoms with Crippen molar-refractivity contribution in [2.24, 2.45) is 0 Å². The number of hydrogen-bond acceptors (Lipinski definition) is 2. The number of fused-ring (bicyclic) bond motifs is 1. The summed E-state index contributed by atoms with van der Waals surface area (Å²) in [5.41, 5.74) is 3.43. The van der Waals surface area contributed by atoms with Gasteiger partial charge in [0.25, 0.3) is 0 Å². The Hall–Kier alpha value is -1.28. The van der Waals surface area contributed by atoms with E-state index in [0.29, 0.717) is 6.04 Å². The number of para-hydroxylation sites is 1. The number of hydrogen-bond donors (Lipinski definition) is 1. The van der Waals surface area contributed by atoms with Crippen molar-refractivity contribution in [3.05, 3.63) is 35.6 Å². The average Bonchev–Trinajstić information content (AvgIpc) is 2.59. The molecule has 0 spiro atoms. The van der Waals surface area contributed by atoms with Gasteiger partial charge in [-0.15, -0.1) is 0 Å². The van der Waals surface area contributed by atoms with E-state index in [-0.39, 0.29) is 0 Å². The molecule has 1 unspecified atom stereocenters. The minimum Gasteiger partial charge on any atom is -0.464 e. The second-order valence-corrected chi connectivity index (χ2v) is 3.65. The smallest absolute Gasteiger partial charge is 0.138 e. The van der Waals surface area contributed by atoms with Crippen LogP contribution in [0, 0.1) is 6.92 Å². The molecular weight excluding hydrogens is 174 g/mol. The first-order chi connectivity index (χ1) is 6.74. The number of benzene rings is 1. The van der Waals surface area contributed by atoms with Gasteiger partial charge in [-0.25, -0.2) is 0 Å². The molecule has 0 aliphatic rings. The topological polar surface area (TPSA) is 25.2 Å². The molecule has 2 heteroatoms. The summed E-state index contributed by atoms with van der Waals surface area (Å²) >= 11 is 0. The average molecular weight is 189 g/mol. The Morgan fingerprint density at radius 1 is 1.36 bits per heavy atom. The molecule has 1 heterocycles. The zero-order valence-corrected chi connectivity index (χ0v) is 8.79. The van der Waals surface area contributed by atoms with Crippen LogP contribution in [0.15, 0.2) is 28.9 Å². The van der Waals surface area contributed by atoms with E-state index in [2.05, 4.69) is 37.4 Å². The summed E-state index contributed by atoms with van der Waals surface area (Å²) in [4.78, 5) is 0. The summed E-state index contributed by atoms with van der Waals surface area (Å²) in [6.45, 7) is 4.20. The predicted molar refractivity (Wildman–Crippen MR) is 58.4 cm³/mol. The molecule has 74 valence electrons. The molecule has 14 heavy (non-hydrogen) atoms. The highest BCUT2D eigenvalue weighted by Gasteiger charge is 2.10. The Morgan fingerprint density at radius 3 is 2.86 bits per heavy atom. The molecule has 2 aromatic rings. The van der Waals surface area contributed by atoms with Crippen LogP contribution in [0.1, 0.15) is 24.1 Å². The molecule has 0 radical (unpaired) electrons. The zero-order chi connectivity index (χ0) is 10.1. The minimum atomic E-state index is 0.323. The maximum atomic E-state index is 5.56. The van der Waals surface area contributed by atoms with Crippen LogP contribution in [0.5, 0.6) is 0 Å². The summed E-state index contributed by atoms with van der Waals surface area (Å²) in [5, 5.41) is 4.44. The quantitative estimate of drug-likeness (QED) is 0.785. The largest absolute Gasteiger partial charge is 0.464 e. The lowest BCUT2D eigenvalue weighted by Gasteiger charge is -2.10. The van der Waals surface area contributed by atoms with E-state index < -0.39 is 0 Å². The fourth-order valence-corrected chi connectivity index (χ4v) is 1.70. The lowest BCUT2D eigenvalue weighted by molar-refractivity contribution is 0.588. The van der Waals surface area contributed by atoms with Crippen molar-refractivity contribution < 1.29 is 4.42 Å². The number of nitrogens with one attached hydrogen (secondary N) is 1. The van der Waals surface area contributed by atoms with E-state index >= 15 is 0 Å². The molecule has 0 saturated heterocycles. The third-order valence-electron chi connectivity index (χ3n) is 2.72. The van der Waals surface area contributed by atoms with Crippen molar-refractivity contribution in [3.63, 3.8) is 0 Å². The first kappa shape index (κ1) is 9.28. The van der Waals surface area contributed by atoms with Crippen molar-refractivity contribution in [2.75, 3.05) is 7.05 Å². The molecule has 2 nitrogen and oxygen atoms in total. The van der Waals surface area contributed by atoms with Crippen molar-refractivity contribution >= 4 is 11.0 Å². The minimum absolute atomic E-state index is 0.323. The highest BCUT2D eigenvalue weighted by atomic mass is 16.3. The molecule has 0 bridgehead atoms. The monoisotopic (exact) mass is 189 g/mol. The number of furan rings is 1. The molecule has 0 fully saturated rings. The number of aryl methyl sites for hydroxylation is 1. The molecule has 1 aromatic carbocycles. The van der Waals surface area contributed by atoms with E-state index in [1.54, 1.807) is 0 Å². The maximum absolute atomic E-state index is 5.56. The normalized spacial score (nSPS) is 13.4. The van der Waals surface area contributed by atoms with Crippen LogP contribution in [0.2, 0.25) is 0 Å². The SMILES string of the molecule is CNC(C)c1cccc2c(C)coc12. The standard InChI is InChI=1S/C12H15NO/c1-8-7-14-12-10(8)5-4-6-11(12)9(2)13-3/h4-7,9,13H,1-3H3. The Labute approximate surface area is 83.9 Å². The van der Waals surface area contributed by atoms with Crippen molar-refractivity contribution in [1.82, 2.24) is 5.32 Å². The van der Waals surface area contributed by atoms with Gasteiger partial charge in [0.15, 0.2) is 0 Å². The molecular formula is C12H15NO. The molecule has 1 atom stereocenters. The van der Waals surface area contributed by atoms with E-state index in [1.807, 2.05) is 13.3 Å². The second-order valence-electron chi connectivity index (χ2n) is 3.65. The van der Waals surface area contributed by atoms with Crippen molar-refractivity contribution in [2.45, 2.75) is 19.9 Å². The van der Waals surface area contributed by atoms with Gasteiger partial charge in [0.2, 0.25) is 0 Å². The Bertz CT molecular complexity index is 445. The van der Waals surface area contributed by atoms with Gasteiger partial charge in [0, 0.05) is 17.0 Å². The Kier molecular flexibility index (Phi) is 2.30. The van der Waals surface area contributed by atoms with Gasteiger partial charge in [-0.3, -0.25) is 0 Å². The van der Waals surface area contributed by atoms with Crippen LogP contribution in [0.25, 0.3) is 11.0 Å². The first-order valence-corrected chi connectivity index (χ1v) is 4.88. The molecule has 0 amide bonds. The molecule has 0 aliphatic heterocycles. The van der Waals surface area contributed by atoms with Gasteiger partial charge in [-0.05, 0) is 26.5 Å². The third-order valence-corrected chi connectivity index (χ3v) is 2.72. The van der Waals surface area contributed by atoms with Crippen LogP contribution < -0.4 is 5.32 Å². The van der Waals surface area contributed by atoms with Crippen LogP contribution in [-0.4, -0.2) is 7.05 Å². The van der Waals surface area contributed by atoms with Gasteiger partial charge in [0.1, 0.15) is 5.58 Å². The summed E-state index contributed by atoms with van der Waals surface area (Å²) < 4.78 is 5.56. The van der Waals surface area contributed by atoms with Crippen LogP contribution >= 0.6 is 0 Å². The lowest BCUT2D eigenvalue weighted by atomic mass is 10.0. The van der Waals surface area contributed by atoms with Gasteiger partial charge in [-0.2, -0.15) is 0 Å². The fraction of sp³-hybridized carbons (Fsp3) is 0.333. The molecule has 1 aromatic heterocycles. The van der Waals surface area contributed by atoms with Gasteiger partial charge in [0.05, 0.1) is 6.26 Å². The van der Waals surface area contributed by atoms with Crippen molar-refractivity contribution in [3.8, 4) is 0 Å². The first-order valence-electron chi connectivity index (χ1n) is 4.88. The van der Waals surface area contributed by atoms with E-state index in [4.69, 9.17) is 4.42 Å². The van der Waals surface area contributed by atoms with Crippen LogP contribution in [-0.2, 0) is 0 Å². The van der Waals surface area contributed by atoms with E-state index in [0.717, 1.165) is 5.58 Å². The van der Waals surface area contributed by atoms with E-state index in [9.17, 15) is 0 Å². The number of rotatable bonds is 2. The Morgan fingerprint density at radius 2 is 2.14 bits per heavy atom. The molecule has 2 rings (SSSR count). The Balaban J connectivity index is 2.65. The van der Waals surface area contributed by atoms with Crippen molar-refractivity contribution in [1.29, 1.82) is 0 Å². The van der Waals surface area contributed by atoms with E-state index in [1.165, 1.54) is 16.5 Å². The maximum Gasteiger partial charge on any atom is 0.138 e. The van der Waals surface area contributed by atoms with Crippen LogP contribution in [0.4, 0.5) is 0 Å². The summed E-state index contributed by atoms with van der Waals surface area (Å²) in [7, 11) is 1.96. The predicted octanol–water partition coefficient (Wildman–Crippen LogP) is 3.02. The highest BCUT2D eigenvalue weighted by molar-refractivity contribution is 5.83. The molecule has 0 aliphatic carbocycles. The highest BCUT2D eigenvalue weighted by Crippen LogP contribution is 2.27. The fourth-order valence-electron chi connectivity index (χ4n) is 1.70. The summed E-state index contributed by atoms with van der Waals surface area (Å²) in [6.07, 6.45) is 1.82. The van der Waals surface area contributed by atoms with Gasteiger partial charge >= 0.3 is 0 Å². The summed E-state index contributed by atoms with van der Waals surface area (Å²) in [5.74, 6) is 0. The van der Waals surface area contributed by atoms with Gasteiger partial charge in [-0.1, -0.05) is 18.2 Å². The second kappa shape index (κ2) is 3.46. The molecule has 1 N–H and O–H groups in total. The molecule has 0 saturated carbocycles. The van der Waals surface area contributed by atoms with Crippen LogP contribution in [0.3, 0.4) is 0 Å². The summed E-state index contributed by atoms with van der Waals surface area (Å²) in [6, 6.07) is 6.60. The zero-order valence-electron chi connectivity index (χ0n) is 8.79.